The van der Waals surface area contributed by atoms with Crippen molar-refractivity contribution in [2.75, 3.05) is 20.6 Å². The quantitative estimate of drug-likeness (QED) is 0.852. The Morgan fingerprint density at radius 3 is 2.78 bits per heavy atom. The van der Waals surface area contributed by atoms with Gasteiger partial charge in [0.05, 0.1) is 0 Å². The first-order chi connectivity index (χ1) is 8.61. The molecule has 0 amide bonds. The third-order valence-electron chi connectivity index (χ3n) is 3.63. The zero-order valence-electron chi connectivity index (χ0n) is 10.9. The Kier molecular flexibility index (Phi) is 5.07. The second-order valence-electron chi connectivity index (χ2n) is 5.01. The van der Waals surface area contributed by atoms with E-state index in [9.17, 15) is 0 Å². The van der Waals surface area contributed by atoms with Gasteiger partial charge in [0.2, 0.25) is 0 Å². The monoisotopic (exact) mass is 330 g/mol. The molecule has 0 bridgehead atoms. The van der Waals surface area contributed by atoms with E-state index in [1.54, 1.807) is 0 Å². The molecule has 0 aromatic heterocycles. The van der Waals surface area contributed by atoms with Gasteiger partial charge in [-0.15, -0.1) is 0 Å². The van der Waals surface area contributed by atoms with Crippen molar-refractivity contribution in [3.8, 4) is 0 Å². The average Bonchev–Trinajstić information content (AvgIpc) is 3.15. The van der Waals surface area contributed by atoms with E-state index < -0.39 is 0 Å². The van der Waals surface area contributed by atoms with Crippen LogP contribution in [0.3, 0.4) is 0 Å². The van der Waals surface area contributed by atoms with Crippen LogP contribution >= 0.6 is 27.5 Å². The number of halogens is 2. The maximum atomic E-state index is 6.31. The second-order valence-corrected chi connectivity index (χ2v) is 6.33. The lowest BCUT2D eigenvalue weighted by atomic mass is 10.0. The molecular formula is C14H20BrClN2. The van der Waals surface area contributed by atoms with Gasteiger partial charge >= 0.3 is 0 Å². The van der Waals surface area contributed by atoms with E-state index in [4.69, 9.17) is 11.6 Å². The fourth-order valence-corrected chi connectivity index (χ4v) is 3.08. The van der Waals surface area contributed by atoms with Gasteiger partial charge < -0.3 is 10.2 Å². The molecule has 4 heteroatoms. The molecule has 0 aliphatic heterocycles. The normalized spacial score (nSPS) is 17.2. The standard InChI is InChI=1S/C14H20BrClN2/c1-17-14(7-8-18(2)11-4-5-11)12-6-3-10(15)9-13(12)16/h3,6,9,11,14,17H,4-5,7-8H2,1-2H3. The highest BCUT2D eigenvalue weighted by Gasteiger charge is 2.26. The summed E-state index contributed by atoms with van der Waals surface area (Å²) in [5.41, 5.74) is 1.19. The Hall–Kier alpha value is -0.0900. The lowest BCUT2D eigenvalue weighted by molar-refractivity contribution is 0.302. The van der Waals surface area contributed by atoms with Crippen molar-refractivity contribution in [1.29, 1.82) is 0 Å². The molecule has 0 spiro atoms. The summed E-state index contributed by atoms with van der Waals surface area (Å²) in [5, 5.41) is 4.20. The first-order valence-electron chi connectivity index (χ1n) is 6.44. The zero-order chi connectivity index (χ0) is 13.1. The van der Waals surface area contributed by atoms with Gasteiger partial charge in [0.1, 0.15) is 0 Å². The molecule has 1 atom stereocenters. The van der Waals surface area contributed by atoms with Crippen molar-refractivity contribution < 1.29 is 0 Å². The van der Waals surface area contributed by atoms with Crippen molar-refractivity contribution in [2.24, 2.45) is 0 Å². The van der Waals surface area contributed by atoms with Crippen LogP contribution in [-0.2, 0) is 0 Å². The molecule has 0 saturated heterocycles. The highest BCUT2D eigenvalue weighted by atomic mass is 79.9. The molecule has 100 valence electrons. The van der Waals surface area contributed by atoms with Crippen molar-refractivity contribution in [3.05, 3.63) is 33.3 Å². The zero-order valence-corrected chi connectivity index (χ0v) is 13.3. The van der Waals surface area contributed by atoms with Crippen LogP contribution in [0.2, 0.25) is 5.02 Å². The molecular weight excluding hydrogens is 312 g/mol. The predicted molar refractivity (Wildman–Crippen MR) is 81.2 cm³/mol. The summed E-state index contributed by atoms with van der Waals surface area (Å²) in [6, 6.07) is 7.27. The lowest BCUT2D eigenvalue weighted by Gasteiger charge is -2.22. The summed E-state index contributed by atoms with van der Waals surface area (Å²) < 4.78 is 1.03. The van der Waals surface area contributed by atoms with Crippen LogP contribution in [-0.4, -0.2) is 31.6 Å². The number of nitrogens with one attached hydrogen (secondary N) is 1. The number of hydrogen-bond acceptors (Lipinski definition) is 2. The fourth-order valence-electron chi connectivity index (χ4n) is 2.27. The van der Waals surface area contributed by atoms with Crippen LogP contribution in [0.1, 0.15) is 30.9 Å². The Morgan fingerprint density at radius 1 is 1.50 bits per heavy atom. The molecule has 1 aromatic carbocycles. The lowest BCUT2D eigenvalue weighted by Crippen LogP contribution is -2.27. The Morgan fingerprint density at radius 2 is 2.22 bits per heavy atom. The molecule has 18 heavy (non-hydrogen) atoms. The molecule has 2 rings (SSSR count). The number of nitrogens with zero attached hydrogens (tertiary/aromatic N) is 1. The van der Waals surface area contributed by atoms with Gasteiger partial charge in [-0.05, 0) is 57.6 Å². The molecule has 1 fully saturated rings. The first kappa shape index (κ1) is 14.3. The van der Waals surface area contributed by atoms with Gasteiger partial charge in [-0.25, -0.2) is 0 Å². The first-order valence-corrected chi connectivity index (χ1v) is 7.61. The minimum Gasteiger partial charge on any atom is -0.313 e. The largest absolute Gasteiger partial charge is 0.313 e. The highest BCUT2D eigenvalue weighted by Crippen LogP contribution is 2.30. The number of benzene rings is 1. The highest BCUT2D eigenvalue weighted by molar-refractivity contribution is 9.10. The molecule has 0 heterocycles. The summed E-state index contributed by atoms with van der Waals surface area (Å²) >= 11 is 9.75. The summed E-state index contributed by atoms with van der Waals surface area (Å²) in [4.78, 5) is 2.46. The van der Waals surface area contributed by atoms with Gasteiger partial charge in [0.15, 0.2) is 0 Å². The van der Waals surface area contributed by atoms with E-state index in [2.05, 4.69) is 45.3 Å². The third-order valence-corrected chi connectivity index (χ3v) is 4.45. The number of rotatable bonds is 6. The van der Waals surface area contributed by atoms with E-state index in [1.165, 1.54) is 18.4 Å². The molecule has 0 radical (unpaired) electrons. The van der Waals surface area contributed by atoms with Gasteiger partial charge in [-0.2, -0.15) is 0 Å². The van der Waals surface area contributed by atoms with Crippen LogP contribution in [0.5, 0.6) is 0 Å². The fraction of sp³-hybridized carbons (Fsp3) is 0.571. The van der Waals surface area contributed by atoms with Gasteiger partial charge in [0.25, 0.3) is 0 Å². The van der Waals surface area contributed by atoms with Crippen molar-refractivity contribution in [1.82, 2.24) is 10.2 Å². The van der Waals surface area contributed by atoms with Gasteiger partial charge in [-0.3, -0.25) is 0 Å². The van der Waals surface area contributed by atoms with E-state index in [-0.39, 0.29) is 0 Å². The Labute approximate surface area is 123 Å². The van der Waals surface area contributed by atoms with Gasteiger partial charge in [-0.1, -0.05) is 33.6 Å². The molecule has 2 nitrogen and oxygen atoms in total. The SMILES string of the molecule is CNC(CCN(C)C1CC1)c1ccc(Br)cc1Cl. The van der Waals surface area contributed by atoms with Crippen LogP contribution < -0.4 is 5.32 Å². The van der Waals surface area contributed by atoms with E-state index >= 15 is 0 Å². The predicted octanol–water partition coefficient (Wildman–Crippen LogP) is 3.85. The smallest absolute Gasteiger partial charge is 0.0465 e. The molecule has 1 unspecified atom stereocenters. The van der Waals surface area contributed by atoms with E-state index in [0.717, 1.165) is 28.5 Å². The summed E-state index contributed by atoms with van der Waals surface area (Å²) in [7, 11) is 4.22. The number of hydrogen-bond donors (Lipinski definition) is 1. The molecule has 1 N–H and O–H groups in total. The molecule has 1 aliphatic carbocycles. The van der Waals surface area contributed by atoms with Crippen LogP contribution in [0.15, 0.2) is 22.7 Å². The molecule has 1 aromatic rings. The van der Waals surface area contributed by atoms with E-state index in [0.29, 0.717) is 6.04 Å². The Bertz CT molecular complexity index is 407. The molecule has 1 saturated carbocycles. The second kappa shape index (κ2) is 6.38. The summed E-state index contributed by atoms with van der Waals surface area (Å²) in [5.74, 6) is 0. The van der Waals surface area contributed by atoms with Crippen molar-refractivity contribution in [3.63, 3.8) is 0 Å². The molecule has 1 aliphatic rings. The maximum Gasteiger partial charge on any atom is 0.0465 e. The maximum absolute atomic E-state index is 6.31. The summed E-state index contributed by atoms with van der Waals surface area (Å²) in [6.07, 6.45) is 3.81. The van der Waals surface area contributed by atoms with Crippen LogP contribution in [0.4, 0.5) is 0 Å². The third kappa shape index (κ3) is 3.70. The van der Waals surface area contributed by atoms with Gasteiger partial charge in [0, 0.05) is 21.6 Å². The van der Waals surface area contributed by atoms with E-state index in [1.807, 2.05) is 13.1 Å². The Balaban J connectivity index is 1.98. The minimum absolute atomic E-state index is 0.326. The van der Waals surface area contributed by atoms with Crippen molar-refractivity contribution >= 4 is 27.5 Å². The van der Waals surface area contributed by atoms with Crippen LogP contribution in [0, 0.1) is 0 Å². The summed E-state index contributed by atoms with van der Waals surface area (Å²) in [6.45, 7) is 1.11. The minimum atomic E-state index is 0.326. The van der Waals surface area contributed by atoms with Crippen LogP contribution in [0.25, 0.3) is 0 Å². The topological polar surface area (TPSA) is 15.3 Å². The average molecular weight is 332 g/mol. The van der Waals surface area contributed by atoms with Crippen molar-refractivity contribution in [2.45, 2.75) is 31.3 Å².